The van der Waals surface area contributed by atoms with Crippen molar-refractivity contribution in [1.29, 1.82) is 0 Å². The summed E-state index contributed by atoms with van der Waals surface area (Å²) in [6.45, 7) is 11.4. The highest BCUT2D eigenvalue weighted by Gasteiger charge is 2.50. The summed E-state index contributed by atoms with van der Waals surface area (Å²) in [5, 5.41) is 5.66. The van der Waals surface area contributed by atoms with Crippen molar-refractivity contribution in [2.24, 2.45) is 5.41 Å². The molecule has 1 atom stereocenters. The van der Waals surface area contributed by atoms with E-state index in [-0.39, 0.29) is 49.9 Å². The van der Waals surface area contributed by atoms with E-state index in [2.05, 4.69) is 10.6 Å². The molecular weight excluding hydrogens is 662 g/mol. The molecule has 0 saturated carbocycles. The molecule has 2 aliphatic heterocycles. The van der Waals surface area contributed by atoms with E-state index in [4.69, 9.17) is 14.5 Å². The lowest BCUT2D eigenvalue weighted by atomic mass is 9.83. The summed E-state index contributed by atoms with van der Waals surface area (Å²) in [6, 6.07) is 9.84. The van der Waals surface area contributed by atoms with Crippen molar-refractivity contribution in [2.45, 2.75) is 103 Å². The number of amides is 3. The molecule has 1 saturated heterocycles. The Bertz CT molecular complexity index is 1670. The van der Waals surface area contributed by atoms with Crippen LogP contribution in [0.5, 0.6) is 0 Å². The number of hydrogen-bond donors (Lipinski definition) is 2. The number of nitrogens with one attached hydrogen (secondary N) is 2. The molecule has 0 aliphatic carbocycles. The summed E-state index contributed by atoms with van der Waals surface area (Å²) in [4.78, 5) is 57.8. The molecule has 0 bridgehead atoms. The Morgan fingerprint density at radius 2 is 1.82 bits per heavy atom. The fourth-order valence-corrected chi connectivity index (χ4v) is 7.75. The number of aryl methyl sites for hydroxylation is 3. The number of carbonyl (C=O) groups excluding carboxylic acids is 4. The first-order valence-corrected chi connectivity index (χ1v) is 18.7. The Morgan fingerprint density at radius 3 is 2.50 bits per heavy atom. The number of aromatic nitrogens is 1. The van der Waals surface area contributed by atoms with Crippen LogP contribution in [0.25, 0.3) is 0 Å². The van der Waals surface area contributed by atoms with Gasteiger partial charge in [-0.25, -0.2) is 18.2 Å². The van der Waals surface area contributed by atoms with Crippen LogP contribution in [-0.4, -0.2) is 86.0 Å². The summed E-state index contributed by atoms with van der Waals surface area (Å²) >= 11 is 0. The normalized spacial score (nSPS) is 16.4. The largest absolute Gasteiger partial charge is 0.466 e. The molecule has 2 aliphatic rings. The van der Waals surface area contributed by atoms with Gasteiger partial charge in [-0.3, -0.25) is 19.3 Å². The van der Waals surface area contributed by atoms with Crippen molar-refractivity contribution in [2.75, 3.05) is 37.7 Å². The molecule has 0 spiro atoms. The number of pyridine rings is 1. The second kappa shape index (κ2) is 16.3. The molecule has 14 heteroatoms. The number of sulfonamides is 1. The third kappa shape index (κ3) is 10.3. The molecule has 1 aromatic heterocycles. The molecule has 13 nitrogen and oxygen atoms in total. The predicted molar refractivity (Wildman–Crippen MR) is 188 cm³/mol. The molecule has 3 amide bonds. The van der Waals surface area contributed by atoms with Crippen molar-refractivity contribution in [3.63, 3.8) is 0 Å². The molecule has 1 aromatic carbocycles. The van der Waals surface area contributed by atoms with E-state index in [0.29, 0.717) is 31.6 Å². The van der Waals surface area contributed by atoms with Gasteiger partial charge in [0, 0.05) is 38.3 Å². The molecule has 0 radical (unpaired) electrons. The molecule has 50 heavy (non-hydrogen) atoms. The van der Waals surface area contributed by atoms with Gasteiger partial charge in [0.1, 0.15) is 11.4 Å². The maximum absolute atomic E-state index is 13.3. The Morgan fingerprint density at radius 1 is 1.08 bits per heavy atom. The number of rotatable bonds is 14. The van der Waals surface area contributed by atoms with E-state index < -0.39 is 45.1 Å². The molecular formula is C36H51N5O8S. The molecule has 2 aromatic rings. The minimum Gasteiger partial charge on any atom is -0.466 e. The summed E-state index contributed by atoms with van der Waals surface area (Å²) in [6.07, 6.45) is 3.25. The van der Waals surface area contributed by atoms with E-state index in [1.54, 1.807) is 30.9 Å². The minimum absolute atomic E-state index is 0.00823. The SMILES string of the molecule is CCOC(=O)CC(CNC(=O)CCCCc1ccc2c(n1)N(C(=O)OC(C)(C)C)CCC2)NC(=O)C1(C)CN(S(=O)(=O)c2cccc(C)c2)C1. The number of carbonyl (C=O) groups is 4. The third-order valence-corrected chi connectivity index (χ3v) is 10.4. The first kappa shape index (κ1) is 38.8. The van der Waals surface area contributed by atoms with E-state index in [0.717, 1.165) is 29.7 Å². The number of anilines is 1. The van der Waals surface area contributed by atoms with E-state index in [9.17, 15) is 27.6 Å². The van der Waals surface area contributed by atoms with Gasteiger partial charge in [0.25, 0.3) is 0 Å². The maximum atomic E-state index is 13.3. The highest BCUT2D eigenvalue weighted by molar-refractivity contribution is 7.89. The lowest BCUT2D eigenvalue weighted by molar-refractivity contribution is -0.144. The highest BCUT2D eigenvalue weighted by atomic mass is 32.2. The van der Waals surface area contributed by atoms with Gasteiger partial charge in [-0.05, 0) is 103 Å². The van der Waals surface area contributed by atoms with Gasteiger partial charge < -0.3 is 20.1 Å². The van der Waals surface area contributed by atoms with Crippen molar-refractivity contribution in [1.82, 2.24) is 19.9 Å². The number of unbranched alkanes of at least 4 members (excludes halogenated alkanes) is 1. The van der Waals surface area contributed by atoms with E-state index in [1.807, 2.05) is 45.9 Å². The van der Waals surface area contributed by atoms with Crippen LogP contribution in [0.2, 0.25) is 0 Å². The number of hydrogen-bond acceptors (Lipinski definition) is 9. The van der Waals surface area contributed by atoms with Gasteiger partial charge in [0.2, 0.25) is 21.8 Å². The predicted octanol–water partition coefficient (Wildman–Crippen LogP) is 4.06. The third-order valence-electron chi connectivity index (χ3n) is 8.62. The summed E-state index contributed by atoms with van der Waals surface area (Å²) in [5.41, 5.74) is 1.04. The molecule has 1 unspecified atom stereocenters. The molecule has 3 heterocycles. The van der Waals surface area contributed by atoms with Crippen LogP contribution < -0.4 is 15.5 Å². The average Bonchev–Trinajstić information content (AvgIpc) is 3.03. The Hall–Kier alpha value is -4.04. The second-order valence-electron chi connectivity index (χ2n) is 14.4. The van der Waals surface area contributed by atoms with Crippen molar-refractivity contribution in [3.05, 3.63) is 53.2 Å². The maximum Gasteiger partial charge on any atom is 0.416 e. The number of fused-ring (bicyclic) bond motifs is 1. The lowest BCUT2D eigenvalue weighted by Gasteiger charge is -2.45. The van der Waals surface area contributed by atoms with Crippen LogP contribution in [0.1, 0.15) is 83.5 Å². The van der Waals surface area contributed by atoms with Gasteiger partial charge in [0.05, 0.1) is 29.4 Å². The molecule has 4 rings (SSSR count). The van der Waals surface area contributed by atoms with Gasteiger partial charge in [-0.2, -0.15) is 4.31 Å². The number of nitrogens with zero attached hydrogens (tertiary/aromatic N) is 3. The van der Waals surface area contributed by atoms with Crippen molar-refractivity contribution in [3.8, 4) is 0 Å². The molecule has 1 fully saturated rings. The first-order chi connectivity index (χ1) is 23.5. The molecule has 2 N–H and O–H groups in total. The van der Waals surface area contributed by atoms with Gasteiger partial charge >= 0.3 is 12.1 Å². The Labute approximate surface area is 295 Å². The van der Waals surface area contributed by atoms with Crippen LogP contribution in [-0.2, 0) is 46.7 Å². The monoisotopic (exact) mass is 713 g/mol. The van der Waals surface area contributed by atoms with Crippen LogP contribution >= 0.6 is 0 Å². The topological polar surface area (TPSA) is 164 Å². The summed E-state index contributed by atoms with van der Waals surface area (Å²) in [5.74, 6) is -0.517. The van der Waals surface area contributed by atoms with Gasteiger partial charge in [-0.15, -0.1) is 0 Å². The van der Waals surface area contributed by atoms with E-state index >= 15 is 0 Å². The Kier molecular flexibility index (Phi) is 12.7. The quantitative estimate of drug-likeness (QED) is 0.217. The zero-order valence-corrected chi connectivity index (χ0v) is 30.9. The van der Waals surface area contributed by atoms with Gasteiger partial charge in [-0.1, -0.05) is 18.2 Å². The fourth-order valence-electron chi connectivity index (χ4n) is 5.96. The zero-order valence-electron chi connectivity index (χ0n) is 30.0. The second-order valence-corrected chi connectivity index (χ2v) is 16.3. The van der Waals surface area contributed by atoms with Crippen LogP contribution in [0, 0.1) is 12.3 Å². The fraction of sp³-hybridized carbons (Fsp3) is 0.583. The number of esters is 1. The lowest BCUT2D eigenvalue weighted by Crippen LogP contribution is -2.64. The minimum atomic E-state index is -3.75. The molecule has 274 valence electrons. The van der Waals surface area contributed by atoms with Crippen molar-refractivity contribution < 1.29 is 37.1 Å². The zero-order chi connectivity index (χ0) is 36.7. The summed E-state index contributed by atoms with van der Waals surface area (Å²) in [7, 11) is -3.75. The summed E-state index contributed by atoms with van der Waals surface area (Å²) < 4.78 is 38.1. The highest BCUT2D eigenvalue weighted by Crippen LogP contribution is 2.35. The van der Waals surface area contributed by atoms with Crippen molar-refractivity contribution >= 4 is 39.7 Å². The smallest absolute Gasteiger partial charge is 0.416 e. The van der Waals surface area contributed by atoms with Crippen LogP contribution in [0.15, 0.2) is 41.3 Å². The van der Waals surface area contributed by atoms with Gasteiger partial charge in [0.15, 0.2) is 0 Å². The number of benzene rings is 1. The van der Waals surface area contributed by atoms with Crippen LogP contribution in [0.3, 0.4) is 0 Å². The van der Waals surface area contributed by atoms with Crippen LogP contribution in [0.4, 0.5) is 10.6 Å². The Balaban J connectivity index is 1.26. The first-order valence-electron chi connectivity index (χ1n) is 17.3. The standard InChI is InChI=1S/C36H51N5O8S/c1-7-48-31(43)21-28(39-33(44)36(6)23-40(24-36)50(46,47)29-15-10-12-25(2)20-29)22-37-30(42)16-9-8-14-27-18-17-26-13-11-19-41(32(26)38-27)34(45)49-35(3,4)5/h10,12,15,17-18,20,28H,7-9,11,13-14,16,19,21-24H2,1-6H3,(H,37,42)(H,39,44). The number of ether oxygens (including phenoxy) is 2. The average molecular weight is 714 g/mol. The van der Waals surface area contributed by atoms with E-state index in [1.165, 1.54) is 10.4 Å².